The van der Waals surface area contributed by atoms with Crippen LogP contribution in [0.3, 0.4) is 0 Å². The third kappa shape index (κ3) is 9.28. The number of likely N-dealkylation sites (N-methyl/N-ethyl adjacent to an activating group) is 1. The molecule has 21 heavy (non-hydrogen) atoms. The average molecular weight is 301 g/mol. The molecule has 0 fully saturated rings. The molecule has 0 heterocycles. The summed E-state index contributed by atoms with van der Waals surface area (Å²) < 4.78 is 0. The van der Waals surface area contributed by atoms with E-state index in [0.717, 1.165) is 19.4 Å². The number of urea groups is 1. The van der Waals surface area contributed by atoms with Gasteiger partial charge < -0.3 is 20.2 Å². The second-order valence-electron chi connectivity index (χ2n) is 6.13. The fraction of sp³-hybridized carbons (Fsp3) is 0.867. The van der Waals surface area contributed by atoms with Gasteiger partial charge in [-0.1, -0.05) is 33.6 Å². The molecule has 0 bridgehead atoms. The maximum atomic E-state index is 12.3. The summed E-state index contributed by atoms with van der Waals surface area (Å²) in [7, 11) is 3.90. The van der Waals surface area contributed by atoms with Gasteiger partial charge in [0.25, 0.3) is 0 Å². The lowest BCUT2D eigenvalue weighted by atomic mass is 10.1. The molecule has 6 nitrogen and oxygen atoms in total. The molecule has 0 radical (unpaired) electrons. The van der Waals surface area contributed by atoms with Gasteiger partial charge in [-0.3, -0.25) is 0 Å². The number of nitrogens with one attached hydrogen (secondary N) is 1. The molecule has 0 aliphatic carbocycles. The Bertz CT molecular complexity index is 319. The number of aliphatic carboxylic acids is 1. The molecular weight excluding hydrogens is 270 g/mol. The summed E-state index contributed by atoms with van der Waals surface area (Å²) in [6.45, 7) is 8.07. The SMILES string of the molecule is CCCCC(NC(=O)N(CCN(C)C)CC(C)C)C(=O)O. The van der Waals surface area contributed by atoms with E-state index in [-0.39, 0.29) is 6.03 Å². The van der Waals surface area contributed by atoms with Crippen molar-refractivity contribution in [3.63, 3.8) is 0 Å². The van der Waals surface area contributed by atoms with Crippen LogP contribution in [0.2, 0.25) is 0 Å². The molecule has 6 heteroatoms. The van der Waals surface area contributed by atoms with Gasteiger partial charge in [0.05, 0.1) is 0 Å². The Kier molecular flexibility index (Phi) is 9.78. The summed E-state index contributed by atoms with van der Waals surface area (Å²) in [5.74, 6) is -0.620. The number of carbonyl (C=O) groups excluding carboxylic acids is 1. The first-order chi connectivity index (χ1) is 9.77. The number of unbranched alkanes of at least 4 members (excludes halogenated alkanes) is 1. The molecule has 2 N–H and O–H groups in total. The normalized spacial score (nSPS) is 12.5. The maximum Gasteiger partial charge on any atom is 0.326 e. The van der Waals surface area contributed by atoms with Crippen LogP contribution in [0.5, 0.6) is 0 Å². The third-order valence-corrected chi connectivity index (χ3v) is 3.13. The number of carboxylic acids is 1. The minimum absolute atomic E-state index is 0.283. The van der Waals surface area contributed by atoms with Crippen molar-refractivity contribution >= 4 is 12.0 Å². The summed E-state index contributed by atoms with van der Waals surface area (Å²) in [5, 5.41) is 11.8. The van der Waals surface area contributed by atoms with Gasteiger partial charge >= 0.3 is 12.0 Å². The van der Waals surface area contributed by atoms with E-state index in [1.807, 2.05) is 39.8 Å². The number of carboxylic acid groups (broad SMARTS) is 1. The lowest BCUT2D eigenvalue weighted by molar-refractivity contribution is -0.139. The molecule has 1 atom stereocenters. The second kappa shape index (κ2) is 10.4. The number of amides is 2. The smallest absolute Gasteiger partial charge is 0.326 e. The molecule has 0 aromatic heterocycles. The Morgan fingerprint density at radius 3 is 2.24 bits per heavy atom. The van der Waals surface area contributed by atoms with Crippen molar-refractivity contribution in [1.29, 1.82) is 0 Å². The highest BCUT2D eigenvalue weighted by molar-refractivity contribution is 5.82. The van der Waals surface area contributed by atoms with Crippen molar-refractivity contribution < 1.29 is 14.7 Å². The van der Waals surface area contributed by atoms with Crippen LogP contribution < -0.4 is 5.32 Å². The molecule has 0 aromatic rings. The van der Waals surface area contributed by atoms with E-state index < -0.39 is 12.0 Å². The van der Waals surface area contributed by atoms with E-state index in [4.69, 9.17) is 0 Å². The third-order valence-electron chi connectivity index (χ3n) is 3.13. The summed E-state index contributed by atoms with van der Waals surface area (Å²) >= 11 is 0. The van der Waals surface area contributed by atoms with E-state index in [1.165, 1.54) is 0 Å². The second-order valence-corrected chi connectivity index (χ2v) is 6.13. The van der Waals surface area contributed by atoms with E-state index in [9.17, 15) is 14.7 Å². The lowest BCUT2D eigenvalue weighted by Crippen LogP contribution is -2.50. The van der Waals surface area contributed by atoms with E-state index in [2.05, 4.69) is 5.32 Å². The summed E-state index contributed by atoms with van der Waals surface area (Å²) in [5.41, 5.74) is 0. The number of hydrogen-bond acceptors (Lipinski definition) is 3. The van der Waals surface area contributed by atoms with Crippen molar-refractivity contribution in [2.45, 2.75) is 46.1 Å². The monoisotopic (exact) mass is 301 g/mol. The van der Waals surface area contributed by atoms with Crippen LogP contribution in [-0.4, -0.2) is 66.7 Å². The fourth-order valence-electron chi connectivity index (χ4n) is 1.94. The van der Waals surface area contributed by atoms with Gasteiger partial charge in [0.1, 0.15) is 6.04 Å². The molecule has 0 aliphatic heterocycles. The van der Waals surface area contributed by atoms with Crippen LogP contribution in [0.1, 0.15) is 40.0 Å². The Morgan fingerprint density at radius 2 is 1.81 bits per heavy atom. The van der Waals surface area contributed by atoms with E-state index in [1.54, 1.807) is 4.90 Å². The van der Waals surface area contributed by atoms with E-state index in [0.29, 0.717) is 25.4 Å². The molecule has 124 valence electrons. The van der Waals surface area contributed by atoms with Crippen molar-refractivity contribution in [2.24, 2.45) is 5.92 Å². The maximum absolute atomic E-state index is 12.3. The molecule has 0 saturated carbocycles. The van der Waals surface area contributed by atoms with Crippen LogP contribution in [0.25, 0.3) is 0 Å². The highest BCUT2D eigenvalue weighted by Gasteiger charge is 2.23. The van der Waals surface area contributed by atoms with Crippen molar-refractivity contribution in [3.8, 4) is 0 Å². The summed E-state index contributed by atoms with van der Waals surface area (Å²) in [6.07, 6.45) is 2.18. The highest BCUT2D eigenvalue weighted by atomic mass is 16.4. The van der Waals surface area contributed by atoms with Gasteiger partial charge in [-0.2, -0.15) is 0 Å². The number of rotatable bonds is 10. The number of nitrogens with zero attached hydrogens (tertiary/aromatic N) is 2. The van der Waals surface area contributed by atoms with Gasteiger partial charge in [-0.15, -0.1) is 0 Å². The van der Waals surface area contributed by atoms with Gasteiger partial charge in [0, 0.05) is 19.6 Å². The van der Waals surface area contributed by atoms with Crippen molar-refractivity contribution in [2.75, 3.05) is 33.7 Å². The minimum atomic E-state index is -0.964. The zero-order chi connectivity index (χ0) is 16.4. The zero-order valence-electron chi connectivity index (χ0n) is 14.1. The molecular formula is C15H31N3O3. The van der Waals surface area contributed by atoms with Crippen molar-refractivity contribution in [1.82, 2.24) is 15.1 Å². The topological polar surface area (TPSA) is 72.9 Å². The predicted octanol–water partition coefficient (Wildman–Crippen LogP) is 1.86. The van der Waals surface area contributed by atoms with Crippen LogP contribution >= 0.6 is 0 Å². The van der Waals surface area contributed by atoms with Crippen LogP contribution in [0.4, 0.5) is 4.79 Å². The first-order valence-electron chi connectivity index (χ1n) is 7.70. The Hall–Kier alpha value is -1.30. The molecule has 0 spiro atoms. The fourth-order valence-corrected chi connectivity index (χ4v) is 1.94. The van der Waals surface area contributed by atoms with Crippen molar-refractivity contribution in [3.05, 3.63) is 0 Å². The van der Waals surface area contributed by atoms with Crippen LogP contribution in [0.15, 0.2) is 0 Å². The van der Waals surface area contributed by atoms with Gasteiger partial charge in [0.2, 0.25) is 0 Å². The predicted molar refractivity (Wildman–Crippen MR) is 84.4 cm³/mol. The van der Waals surface area contributed by atoms with E-state index >= 15 is 0 Å². The highest BCUT2D eigenvalue weighted by Crippen LogP contribution is 2.04. The molecule has 0 saturated heterocycles. The number of carbonyl (C=O) groups is 2. The first-order valence-corrected chi connectivity index (χ1v) is 7.70. The molecule has 0 aliphatic rings. The Labute approximate surface area is 128 Å². The van der Waals surface area contributed by atoms with Crippen LogP contribution in [-0.2, 0) is 4.79 Å². The largest absolute Gasteiger partial charge is 0.480 e. The molecule has 0 rings (SSSR count). The van der Waals surface area contributed by atoms with Gasteiger partial charge in [-0.25, -0.2) is 9.59 Å². The first kappa shape index (κ1) is 19.7. The molecule has 1 unspecified atom stereocenters. The lowest BCUT2D eigenvalue weighted by Gasteiger charge is -2.27. The Balaban J connectivity index is 4.63. The summed E-state index contributed by atoms with van der Waals surface area (Å²) in [4.78, 5) is 27.2. The molecule has 2 amide bonds. The number of hydrogen-bond donors (Lipinski definition) is 2. The zero-order valence-corrected chi connectivity index (χ0v) is 14.1. The Morgan fingerprint density at radius 1 is 1.19 bits per heavy atom. The molecule has 0 aromatic carbocycles. The van der Waals surface area contributed by atoms with Gasteiger partial charge in [0.15, 0.2) is 0 Å². The summed E-state index contributed by atoms with van der Waals surface area (Å²) in [6, 6.07) is -1.08. The quantitative estimate of drug-likeness (QED) is 0.646. The van der Waals surface area contributed by atoms with Gasteiger partial charge in [-0.05, 0) is 26.4 Å². The van der Waals surface area contributed by atoms with Crippen LogP contribution in [0, 0.1) is 5.92 Å². The minimum Gasteiger partial charge on any atom is -0.480 e. The standard InChI is InChI=1S/C15H31N3O3/c1-6-7-8-13(14(19)20)16-15(21)18(11-12(2)3)10-9-17(4)5/h12-13H,6-11H2,1-5H3,(H,16,21)(H,19,20). The average Bonchev–Trinajstić information content (AvgIpc) is 2.38.